The molecule has 0 saturated carbocycles. The Kier molecular flexibility index (Phi) is 7.84. The molecule has 0 aliphatic rings. The molecule has 2 N–H and O–H groups in total. The Morgan fingerprint density at radius 2 is 1.71 bits per heavy atom. The van der Waals surface area contributed by atoms with Crippen LogP contribution in [0.15, 0.2) is 35.2 Å². The molecular formula is C16H19F3N2O2S. The molecule has 0 radical (unpaired) electrons. The Hall–Kier alpha value is -1.96. The van der Waals surface area contributed by atoms with Crippen molar-refractivity contribution in [3.63, 3.8) is 0 Å². The lowest BCUT2D eigenvalue weighted by Gasteiger charge is -2.07. The van der Waals surface area contributed by atoms with Crippen LogP contribution in [0.5, 0.6) is 0 Å². The van der Waals surface area contributed by atoms with Crippen LogP contribution >= 0.6 is 11.8 Å². The minimum atomic E-state index is -4.32. The zero-order chi connectivity index (χ0) is 18.2. The minimum Gasteiger partial charge on any atom is -0.354 e. The van der Waals surface area contributed by atoms with Gasteiger partial charge in [0.15, 0.2) is 0 Å². The van der Waals surface area contributed by atoms with Gasteiger partial charge >= 0.3 is 5.51 Å². The number of rotatable bonds is 7. The summed E-state index contributed by atoms with van der Waals surface area (Å²) >= 11 is -0.186. The van der Waals surface area contributed by atoms with Gasteiger partial charge in [-0.15, -0.1) is 0 Å². The average molecular weight is 360 g/mol. The molecular weight excluding hydrogens is 341 g/mol. The third kappa shape index (κ3) is 8.61. The van der Waals surface area contributed by atoms with Gasteiger partial charge in [0.05, 0.1) is 0 Å². The van der Waals surface area contributed by atoms with Gasteiger partial charge in [-0.05, 0) is 35.5 Å². The van der Waals surface area contributed by atoms with Crippen LogP contribution < -0.4 is 10.6 Å². The Morgan fingerprint density at radius 3 is 2.25 bits per heavy atom. The number of hydrogen-bond acceptors (Lipinski definition) is 3. The quantitative estimate of drug-likeness (QED) is 0.446. The van der Waals surface area contributed by atoms with Crippen molar-refractivity contribution in [2.24, 2.45) is 5.92 Å². The number of amides is 2. The van der Waals surface area contributed by atoms with Crippen LogP contribution in [0.3, 0.4) is 0 Å². The summed E-state index contributed by atoms with van der Waals surface area (Å²) in [4.78, 5) is 23.0. The number of hydrogen-bond donors (Lipinski definition) is 2. The summed E-state index contributed by atoms with van der Waals surface area (Å²) in [7, 11) is 0. The molecule has 0 aliphatic carbocycles. The number of thioether (sulfide) groups is 1. The van der Waals surface area contributed by atoms with E-state index in [2.05, 4.69) is 10.6 Å². The second-order valence-corrected chi connectivity index (χ2v) is 6.33. The monoisotopic (exact) mass is 360 g/mol. The summed E-state index contributed by atoms with van der Waals surface area (Å²) in [6.07, 6.45) is 2.79. The van der Waals surface area contributed by atoms with Crippen LogP contribution in [0.1, 0.15) is 19.4 Å². The SMILES string of the molecule is CC(C)C(=O)NCCNC(=O)/C=C/c1ccc(SC(F)(F)F)cc1. The zero-order valence-corrected chi connectivity index (χ0v) is 14.1. The lowest BCUT2D eigenvalue weighted by molar-refractivity contribution is -0.124. The fourth-order valence-corrected chi connectivity index (χ4v) is 2.13. The van der Waals surface area contributed by atoms with Crippen molar-refractivity contribution in [1.29, 1.82) is 0 Å². The molecule has 0 bridgehead atoms. The first-order valence-electron chi connectivity index (χ1n) is 7.27. The van der Waals surface area contributed by atoms with E-state index in [0.29, 0.717) is 18.7 Å². The number of benzene rings is 1. The van der Waals surface area contributed by atoms with E-state index in [-0.39, 0.29) is 34.4 Å². The van der Waals surface area contributed by atoms with Gasteiger partial charge in [0, 0.05) is 30.0 Å². The van der Waals surface area contributed by atoms with Gasteiger partial charge in [-0.25, -0.2) is 0 Å². The maximum Gasteiger partial charge on any atom is 0.446 e. The van der Waals surface area contributed by atoms with E-state index in [9.17, 15) is 22.8 Å². The maximum absolute atomic E-state index is 12.2. The summed E-state index contributed by atoms with van der Waals surface area (Å²) in [6.45, 7) is 4.17. The van der Waals surface area contributed by atoms with Crippen LogP contribution in [0.2, 0.25) is 0 Å². The van der Waals surface area contributed by atoms with Crippen LogP contribution in [0.25, 0.3) is 6.08 Å². The Balaban J connectivity index is 2.37. The summed E-state index contributed by atoms with van der Waals surface area (Å²) in [5.74, 6) is -0.543. The van der Waals surface area contributed by atoms with E-state index in [0.717, 1.165) is 0 Å². The van der Waals surface area contributed by atoms with Crippen LogP contribution in [0.4, 0.5) is 13.2 Å². The van der Waals surface area contributed by atoms with Gasteiger partial charge in [0.1, 0.15) is 0 Å². The van der Waals surface area contributed by atoms with Crippen LogP contribution in [-0.2, 0) is 9.59 Å². The molecule has 132 valence electrons. The molecule has 1 aromatic carbocycles. The standard InChI is InChI=1S/C16H19F3N2O2S/c1-11(2)15(23)21-10-9-20-14(22)8-5-12-3-6-13(7-4-12)24-16(17,18)19/h3-8,11H,9-10H2,1-2H3,(H,20,22)(H,21,23)/b8-5+. The molecule has 0 aromatic heterocycles. The normalized spacial score (nSPS) is 11.8. The molecule has 0 spiro atoms. The van der Waals surface area contributed by atoms with Crippen molar-refractivity contribution < 1.29 is 22.8 Å². The molecule has 1 aromatic rings. The van der Waals surface area contributed by atoms with Crippen molar-refractivity contribution in [2.75, 3.05) is 13.1 Å². The number of nitrogens with one attached hydrogen (secondary N) is 2. The number of alkyl halides is 3. The Bertz CT molecular complexity index is 584. The smallest absolute Gasteiger partial charge is 0.354 e. The van der Waals surface area contributed by atoms with Gasteiger partial charge in [0.2, 0.25) is 11.8 Å². The highest BCUT2D eigenvalue weighted by Crippen LogP contribution is 2.36. The minimum absolute atomic E-state index is 0.0865. The van der Waals surface area contributed by atoms with E-state index >= 15 is 0 Å². The lowest BCUT2D eigenvalue weighted by atomic mass is 10.2. The van der Waals surface area contributed by atoms with Gasteiger partial charge < -0.3 is 10.6 Å². The van der Waals surface area contributed by atoms with Crippen molar-refractivity contribution in [3.05, 3.63) is 35.9 Å². The first-order chi connectivity index (χ1) is 11.2. The van der Waals surface area contributed by atoms with E-state index in [4.69, 9.17) is 0 Å². The summed E-state index contributed by atoms with van der Waals surface area (Å²) in [6, 6.07) is 5.69. The second-order valence-electron chi connectivity index (χ2n) is 5.19. The molecule has 0 fully saturated rings. The molecule has 0 aliphatic heterocycles. The van der Waals surface area contributed by atoms with Crippen molar-refractivity contribution >= 4 is 29.7 Å². The summed E-state index contributed by atoms with van der Waals surface area (Å²) < 4.78 is 36.6. The predicted molar refractivity (Wildman–Crippen MR) is 88.2 cm³/mol. The van der Waals surface area contributed by atoms with Gasteiger partial charge in [-0.3, -0.25) is 9.59 Å². The third-order valence-electron chi connectivity index (χ3n) is 2.79. The van der Waals surface area contributed by atoms with E-state index in [1.807, 2.05) is 0 Å². The molecule has 0 heterocycles. The largest absolute Gasteiger partial charge is 0.446 e. The van der Waals surface area contributed by atoms with E-state index in [1.165, 1.54) is 36.4 Å². The molecule has 0 unspecified atom stereocenters. The molecule has 1 rings (SSSR count). The molecule has 8 heteroatoms. The fourth-order valence-electron chi connectivity index (χ4n) is 1.59. The zero-order valence-electron chi connectivity index (χ0n) is 13.3. The molecule has 0 saturated heterocycles. The number of carbonyl (C=O) groups is 2. The number of carbonyl (C=O) groups excluding carboxylic acids is 2. The summed E-state index contributed by atoms with van der Waals surface area (Å²) in [5.41, 5.74) is -3.70. The lowest BCUT2D eigenvalue weighted by Crippen LogP contribution is -2.35. The van der Waals surface area contributed by atoms with Gasteiger partial charge in [-0.2, -0.15) is 13.2 Å². The van der Waals surface area contributed by atoms with Gasteiger partial charge in [0.25, 0.3) is 0 Å². The highest BCUT2D eigenvalue weighted by Gasteiger charge is 2.28. The number of halogens is 3. The highest BCUT2D eigenvalue weighted by molar-refractivity contribution is 8.00. The fraction of sp³-hybridized carbons (Fsp3) is 0.375. The first kappa shape index (κ1) is 20.1. The van der Waals surface area contributed by atoms with Crippen molar-refractivity contribution in [2.45, 2.75) is 24.3 Å². The van der Waals surface area contributed by atoms with Crippen molar-refractivity contribution in [3.8, 4) is 0 Å². The molecule has 0 atom stereocenters. The Labute approximate surface area is 142 Å². The second kappa shape index (κ2) is 9.36. The predicted octanol–water partition coefficient (Wildman–Crippen LogP) is 3.20. The summed E-state index contributed by atoms with van der Waals surface area (Å²) in [5, 5.41) is 5.26. The highest BCUT2D eigenvalue weighted by atomic mass is 32.2. The molecule has 4 nitrogen and oxygen atoms in total. The van der Waals surface area contributed by atoms with Gasteiger partial charge in [-0.1, -0.05) is 26.0 Å². The van der Waals surface area contributed by atoms with Crippen LogP contribution in [0, 0.1) is 5.92 Å². The molecule has 2 amide bonds. The van der Waals surface area contributed by atoms with E-state index < -0.39 is 5.51 Å². The van der Waals surface area contributed by atoms with Crippen molar-refractivity contribution in [1.82, 2.24) is 10.6 Å². The Morgan fingerprint density at radius 1 is 1.12 bits per heavy atom. The first-order valence-corrected chi connectivity index (χ1v) is 8.08. The van der Waals surface area contributed by atoms with Crippen LogP contribution in [-0.4, -0.2) is 30.4 Å². The molecule has 24 heavy (non-hydrogen) atoms. The average Bonchev–Trinajstić information content (AvgIpc) is 2.49. The topological polar surface area (TPSA) is 58.2 Å². The third-order valence-corrected chi connectivity index (χ3v) is 3.53. The maximum atomic E-state index is 12.2. The van der Waals surface area contributed by atoms with E-state index in [1.54, 1.807) is 13.8 Å².